The van der Waals surface area contributed by atoms with E-state index in [2.05, 4.69) is 9.51 Å². The molecule has 0 saturated heterocycles. The first-order valence-electron chi connectivity index (χ1n) is 4.03. The third-order valence-corrected chi connectivity index (χ3v) is 3.58. The Bertz CT molecular complexity index is 327. The highest BCUT2D eigenvalue weighted by Crippen LogP contribution is 2.12. The van der Waals surface area contributed by atoms with Crippen molar-refractivity contribution in [2.24, 2.45) is 10.9 Å². The topological polar surface area (TPSA) is 59.9 Å². The normalized spacial score (nSPS) is 12.4. The van der Waals surface area contributed by atoms with Gasteiger partial charge in [-0.05, 0) is 13.8 Å². The van der Waals surface area contributed by atoms with Crippen LogP contribution >= 0.6 is 20.7 Å². The fourth-order valence-electron chi connectivity index (χ4n) is 0.718. The number of nitriles is 2. The zero-order valence-electron chi connectivity index (χ0n) is 8.29. The number of rotatable bonds is 4. The predicted molar refractivity (Wildman–Crippen MR) is 67.6 cm³/mol. The van der Waals surface area contributed by atoms with Gasteiger partial charge in [-0.2, -0.15) is 10.5 Å². The molecule has 3 nitrogen and oxygen atoms in total. The number of hydrogen-bond acceptors (Lipinski definition) is 3. The molecule has 0 radical (unpaired) electrons. The summed E-state index contributed by atoms with van der Waals surface area (Å²) in [5, 5.41) is 17.2. The summed E-state index contributed by atoms with van der Waals surface area (Å²) in [6.07, 6.45) is 2.00. The van der Waals surface area contributed by atoms with Crippen molar-refractivity contribution in [3.63, 3.8) is 0 Å². The number of halogens is 1. The lowest BCUT2D eigenvalue weighted by Crippen LogP contribution is -2.06. The van der Waals surface area contributed by atoms with Gasteiger partial charge in [0.05, 0.1) is 18.7 Å². The highest BCUT2D eigenvalue weighted by atomic mass is 127. The fourth-order valence-corrected chi connectivity index (χ4v) is 1.57. The van der Waals surface area contributed by atoms with Gasteiger partial charge in [-0.1, -0.05) is 31.3 Å². The van der Waals surface area contributed by atoms with E-state index in [1.54, 1.807) is 6.92 Å². The van der Waals surface area contributed by atoms with Crippen molar-refractivity contribution in [3.05, 3.63) is 9.66 Å². The first-order valence-corrected chi connectivity index (χ1v) is 6.63. The summed E-state index contributed by atoms with van der Waals surface area (Å²) in [4.78, 5) is 4.20. The molecule has 0 aromatic rings. The molecule has 0 amide bonds. The summed E-state index contributed by atoms with van der Waals surface area (Å²) in [6, 6.07) is 3.79. The second-order valence-electron chi connectivity index (χ2n) is 2.52. The van der Waals surface area contributed by atoms with Crippen LogP contribution in [0.1, 0.15) is 13.8 Å². The summed E-state index contributed by atoms with van der Waals surface area (Å²) in [5.74, 6) is -0.712. The van der Waals surface area contributed by atoms with Gasteiger partial charge in [-0.25, -0.2) is 0 Å². The number of allylic oxidation sites excluding steroid dienone is 1. The van der Waals surface area contributed by atoms with E-state index in [9.17, 15) is 0 Å². The lowest BCUT2D eigenvalue weighted by Gasteiger charge is -1.99. The molecule has 4 heteroatoms. The van der Waals surface area contributed by atoms with Crippen molar-refractivity contribution >= 4 is 31.0 Å². The molecule has 0 aliphatic rings. The minimum absolute atomic E-state index is 0.181. The zero-order valence-corrected chi connectivity index (χ0v) is 10.4. The maximum atomic E-state index is 8.60. The quantitative estimate of drug-likeness (QED) is 0.591. The van der Waals surface area contributed by atoms with Crippen LogP contribution in [0.25, 0.3) is 0 Å². The molecule has 74 valence electrons. The van der Waals surface area contributed by atoms with Gasteiger partial charge in [-0.15, -0.1) is 0 Å². The lowest BCUT2D eigenvalue weighted by atomic mass is 10.1. The molecule has 0 bridgehead atoms. The number of nitrogens with zero attached hydrogens (tertiary/aromatic N) is 3. The van der Waals surface area contributed by atoms with Crippen molar-refractivity contribution in [1.82, 2.24) is 0 Å². The van der Waals surface area contributed by atoms with Gasteiger partial charge < -0.3 is 0 Å². The van der Waals surface area contributed by atoms with E-state index in [4.69, 9.17) is 10.5 Å². The van der Waals surface area contributed by atoms with E-state index in [1.165, 1.54) is 3.58 Å². The zero-order chi connectivity index (χ0) is 11.0. The van der Waals surface area contributed by atoms with Crippen molar-refractivity contribution in [2.45, 2.75) is 13.8 Å². The van der Waals surface area contributed by atoms with E-state index in [1.807, 2.05) is 25.1 Å². The minimum Gasteiger partial charge on any atom is -0.287 e. The average molecular weight is 301 g/mol. The van der Waals surface area contributed by atoms with E-state index >= 15 is 0 Å². The Morgan fingerprint density at radius 2 is 2.14 bits per heavy atom. The van der Waals surface area contributed by atoms with Gasteiger partial charge in [0, 0.05) is 9.29 Å². The maximum absolute atomic E-state index is 8.60. The van der Waals surface area contributed by atoms with Crippen molar-refractivity contribution in [2.75, 3.05) is 6.54 Å². The molecular weight excluding hydrogens is 289 g/mol. The molecule has 0 aromatic carbocycles. The van der Waals surface area contributed by atoms with Crippen molar-refractivity contribution in [3.8, 4) is 12.1 Å². The number of hydrogen-bond donors (Lipinski definition) is 0. The molecule has 0 aliphatic carbocycles. The highest BCUT2D eigenvalue weighted by Gasteiger charge is 2.08. The first kappa shape index (κ1) is 13.0. The highest BCUT2D eigenvalue weighted by molar-refractivity contribution is 14.2. The van der Waals surface area contributed by atoms with Crippen LogP contribution in [-0.2, 0) is 0 Å². The SMILES string of the molecule is C=I/C(=C/C)CN=C(C)C(C#N)C#N. The van der Waals surface area contributed by atoms with Gasteiger partial charge in [0.1, 0.15) is 0 Å². The Kier molecular flexibility index (Phi) is 6.87. The van der Waals surface area contributed by atoms with Gasteiger partial charge in [-0.3, -0.25) is 4.99 Å². The van der Waals surface area contributed by atoms with Crippen LogP contribution < -0.4 is 0 Å². The van der Waals surface area contributed by atoms with Crippen molar-refractivity contribution in [1.29, 1.82) is 10.5 Å². The smallest absolute Gasteiger partial charge is 0.170 e. The summed E-state index contributed by atoms with van der Waals surface area (Å²) in [6.45, 7) is 4.25. The van der Waals surface area contributed by atoms with Crippen LogP contribution in [0.3, 0.4) is 0 Å². The van der Waals surface area contributed by atoms with E-state index in [0.29, 0.717) is 12.3 Å². The van der Waals surface area contributed by atoms with Crippen molar-refractivity contribution < 1.29 is 0 Å². The van der Waals surface area contributed by atoms with Crippen LogP contribution in [0.5, 0.6) is 0 Å². The Balaban J connectivity index is 4.49. The van der Waals surface area contributed by atoms with E-state index < -0.39 is 5.92 Å². The van der Waals surface area contributed by atoms with E-state index in [0.717, 1.165) is 0 Å². The Labute approximate surface area is 94.5 Å². The maximum Gasteiger partial charge on any atom is 0.170 e. The summed E-state index contributed by atoms with van der Waals surface area (Å²) in [7, 11) is 0. The molecule has 0 rings (SSSR count). The molecule has 0 unspecified atom stereocenters. The molecule has 0 fully saturated rings. The monoisotopic (exact) mass is 301 g/mol. The van der Waals surface area contributed by atoms with Crippen LogP contribution in [0.4, 0.5) is 0 Å². The molecule has 14 heavy (non-hydrogen) atoms. The van der Waals surface area contributed by atoms with Gasteiger partial charge in [0.25, 0.3) is 0 Å². The van der Waals surface area contributed by atoms with Gasteiger partial charge >= 0.3 is 0 Å². The molecule has 0 atom stereocenters. The first-order chi connectivity index (χ1) is 6.69. The third-order valence-electron chi connectivity index (χ3n) is 1.64. The minimum atomic E-state index is -0.712. The average Bonchev–Trinajstić information content (AvgIpc) is 2.21. The second kappa shape index (κ2) is 7.40. The molecule has 0 aliphatic heterocycles. The molecule has 0 saturated carbocycles. The molecule has 0 N–H and O–H groups in total. The third kappa shape index (κ3) is 4.29. The molecule has 0 aromatic heterocycles. The summed E-state index contributed by atoms with van der Waals surface area (Å²) < 4.78 is 5.08. The molecule has 0 heterocycles. The Morgan fingerprint density at radius 1 is 1.57 bits per heavy atom. The van der Waals surface area contributed by atoms with E-state index in [-0.39, 0.29) is 20.7 Å². The van der Waals surface area contributed by atoms with Crippen LogP contribution in [-0.4, -0.2) is 16.8 Å². The van der Waals surface area contributed by atoms with Crippen LogP contribution in [0.2, 0.25) is 0 Å². The Hall–Kier alpha value is -1.01. The largest absolute Gasteiger partial charge is 0.287 e. The van der Waals surface area contributed by atoms with Crippen LogP contribution in [0.15, 0.2) is 14.6 Å². The fraction of sp³-hybridized carbons (Fsp3) is 0.400. The van der Waals surface area contributed by atoms with Gasteiger partial charge in [0.2, 0.25) is 0 Å². The summed E-state index contributed by atoms with van der Waals surface area (Å²) >= 11 is -0.181. The standard InChI is InChI=1S/C10H12IN3/c1-4-10(11-3)7-14-8(2)9(5-12)6-13/h4,9H,3,7H2,1-2H3/b10-4+,14-8?. The lowest BCUT2D eigenvalue weighted by molar-refractivity contribution is 1.09. The Morgan fingerprint density at radius 3 is 2.50 bits per heavy atom. The van der Waals surface area contributed by atoms with Crippen LogP contribution in [0, 0.1) is 28.6 Å². The summed E-state index contributed by atoms with van der Waals surface area (Å²) in [5.41, 5.74) is 0.590. The predicted octanol–water partition coefficient (Wildman–Crippen LogP) is 2.42. The molecule has 0 spiro atoms. The number of aliphatic imine (C=N–C) groups is 1. The van der Waals surface area contributed by atoms with Gasteiger partial charge in [0.15, 0.2) is 5.92 Å². The second-order valence-corrected chi connectivity index (χ2v) is 4.67. The molecular formula is C10H12IN3.